The molecule has 0 radical (unpaired) electrons. The summed E-state index contributed by atoms with van der Waals surface area (Å²) in [4.78, 5) is 0.446. The fourth-order valence-corrected chi connectivity index (χ4v) is 4.39. The van der Waals surface area contributed by atoms with E-state index in [1.807, 2.05) is 19.1 Å². The Bertz CT molecular complexity index is 487. The molecule has 0 heterocycles. The van der Waals surface area contributed by atoms with E-state index in [4.69, 9.17) is 5.73 Å². The van der Waals surface area contributed by atoms with Crippen molar-refractivity contribution in [1.29, 1.82) is 0 Å². The van der Waals surface area contributed by atoms with Gasteiger partial charge in [0.2, 0.25) is 0 Å². The summed E-state index contributed by atoms with van der Waals surface area (Å²) in [5.41, 5.74) is 6.93. The second kappa shape index (κ2) is 5.41. The average molecular weight is 267 g/mol. The van der Waals surface area contributed by atoms with Gasteiger partial charge in [-0.15, -0.1) is 0 Å². The van der Waals surface area contributed by atoms with Gasteiger partial charge in [0.05, 0.1) is 10.1 Å². The fraction of sp³-hybridized carbons (Fsp3) is 0.571. The smallest absolute Gasteiger partial charge is 0.181 e. The third-order valence-electron chi connectivity index (χ3n) is 3.82. The van der Waals surface area contributed by atoms with Gasteiger partial charge in [0.1, 0.15) is 0 Å². The molecule has 0 aliphatic heterocycles. The first-order valence-corrected chi connectivity index (χ1v) is 8.19. The van der Waals surface area contributed by atoms with E-state index in [1.54, 1.807) is 12.1 Å². The van der Waals surface area contributed by atoms with Gasteiger partial charge in [0, 0.05) is 6.04 Å². The summed E-state index contributed by atoms with van der Waals surface area (Å²) in [5.74, 6) is 0. The van der Waals surface area contributed by atoms with Crippen molar-refractivity contribution in [3.8, 4) is 0 Å². The van der Waals surface area contributed by atoms with Gasteiger partial charge in [-0.1, -0.05) is 31.9 Å². The quantitative estimate of drug-likeness (QED) is 0.912. The summed E-state index contributed by atoms with van der Waals surface area (Å²) < 4.78 is 24.7. The second-order valence-corrected chi connectivity index (χ2v) is 7.26. The first kappa shape index (κ1) is 13.6. The maximum atomic E-state index is 12.4. The van der Waals surface area contributed by atoms with Gasteiger partial charge in [-0.25, -0.2) is 8.42 Å². The van der Waals surface area contributed by atoms with E-state index in [2.05, 4.69) is 0 Å². The van der Waals surface area contributed by atoms with Crippen LogP contribution in [0.25, 0.3) is 0 Å². The van der Waals surface area contributed by atoms with Crippen molar-refractivity contribution in [2.24, 2.45) is 5.73 Å². The van der Waals surface area contributed by atoms with Crippen LogP contribution in [0, 0.1) is 0 Å². The molecule has 1 saturated carbocycles. The number of hydrogen-bond acceptors (Lipinski definition) is 3. The molecule has 18 heavy (non-hydrogen) atoms. The predicted molar refractivity (Wildman–Crippen MR) is 73.1 cm³/mol. The van der Waals surface area contributed by atoms with E-state index in [9.17, 15) is 8.42 Å². The minimum atomic E-state index is -3.13. The van der Waals surface area contributed by atoms with Crippen molar-refractivity contribution in [1.82, 2.24) is 0 Å². The monoisotopic (exact) mass is 267 g/mol. The molecule has 0 spiro atoms. The summed E-state index contributed by atoms with van der Waals surface area (Å²) in [5, 5.41) is -0.178. The summed E-state index contributed by atoms with van der Waals surface area (Å²) in [6.07, 6.45) is 4.53. The van der Waals surface area contributed by atoms with Crippen molar-refractivity contribution >= 4 is 9.84 Å². The van der Waals surface area contributed by atoms with Crippen molar-refractivity contribution < 1.29 is 8.42 Å². The highest BCUT2D eigenvalue weighted by Crippen LogP contribution is 2.30. The molecule has 1 aliphatic rings. The molecule has 4 heteroatoms. The van der Waals surface area contributed by atoms with Crippen molar-refractivity contribution in [3.63, 3.8) is 0 Å². The van der Waals surface area contributed by atoms with Crippen LogP contribution < -0.4 is 5.73 Å². The predicted octanol–water partition coefficient (Wildman–Crippen LogP) is 2.81. The summed E-state index contributed by atoms with van der Waals surface area (Å²) in [7, 11) is -3.13. The second-order valence-electron chi connectivity index (χ2n) is 5.04. The molecule has 1 aromatic carbocycles. The van der Waals surface area contributed by atoms with E-state index in [0.29, 0.717) is 4.90 Å². The standard InChI is InChI=1S/C14H21NO2S/c1-2-14(15)11-7-9-13(10-8-11)18(16,17)12-5-3-4-6-12/h7-10,12,14H,2-6,15H2,1H3. The summed E-state index contributed by atoms with van der Waals surface area (Å²) in [6, 6.07) is 7.09. The Kier molecular flexibility index (Phi) is 4.07. The molecule has 100 valence electrons. The van der Waals surface area contributed by atoms with Gasteiger partial charge < -0.3 is 5.73 Å². The zero-order valence-electron chi connectivity index (χ0n) is 10.8. The van der Waals surface area contributed by atoms with Crippen molar-refractivity contribution in [2.75, 3.05) is 0 Å². The van der Waals surface area contributed by atoms with E-state index in [1.165, 1.54) is 0 Å². The number of benzene rings is 1. The third kappa shape index (κ3) is 2.59. The van der Waals surface area contributed by atoms with Crippen LogP contribution in [-0.4, -0.2) is 13.7 Å². The molecule has 2 N–H and O–H groups in total. The number of sulfone groups is 1. The Morgan fingerprint density at radius 2 is 1.78 bits per heavy atom. The van der Waals surface area contributed by atoms with Gasteiger partial charge >= 0.3 is 0 Å². The molecule has 2 rings (SSSR count). The van der Waals surface area contributed by atoms with Crippen LogP contribution in [0.2, 0.25) is 0 Å². The lowest BCUT2D eigenvalue weighted by molar-refractivity contribution is 0.579. The Morgan fingerprint density at radius 1 is 1.22 bits per heavy atom. The maximum Gasteiger partial charge on any atom is 0.181 e. The molecule has 0 aromatic heterocycles. The number of nitrogens with two attached hydrogens (primary N) is 1. The maximum absolute atomic E-state index is 12.4. The van der Waals surface area contributed by atoms with Crippen molar-refractivity contribution in [3.05, 3.63) is 29.8 Å². The van der Waals surface area contributed by atoms with E-state index >= 15 is 0 Å². The van der Waals surface area contributed by atoms with Gasteiger partial charge in [-0.2, -0.15) is 0 Å². The highest BCUT2D eigenvalue weighted by Gasteiger charge is 2.30. The molecule has 1 aliphatic carbocycles. The summed E-state index contributed by atoms with van der Waals surface area (Å²) in [6.45, 7) is 2.02. The topological polar surface area (TPSA) is 60.2 Å². The highest BCUT2D eigenvalue weighted by molar-refractivity contribution is 7.92. The SMILES string of the molecule is CCC(N)c1ccc(S(=O)(=O)C2CCCC2)cc1. The molecule has 1 unspecified atom stereocenters. The Morgan fingerprint density at radius 3 is 2.28 bits per heavy atom. The first-order valence-electron chi connectivity index (χ1n) is 6.65. The Hall–Kier alpha value is -0.870. The zero-order chi connectivity index (χ0) is 13.2. The Balaban J connectivity index is 2.23. The molecular formula is C14H21NO2S. The fourth-order valence-electron chi connectivity index (χ4n) is 2.53. The van der Waals surface area contributed by atoms with Crippen molar-refractivity contribution in [2.45, 2.75) is 55.2 Å². The number of rotatable bonds is 4. The molecule has 1 fully saturated rings. The molecule has 1 aromatic rings. The van der Waals surface area contributed by atoms with Gasteiger partial charge in [-0.05, 0) is 37.0 Å². The summed E-state index contributed by atoms with van der Waals surface area (Å²) >= 11 is 0. The van der Waals surface area contributed by atoms with Crippen LogP contribution in [0.1, 0.15) is 50.6 Å². The third-order valence-corrected chi connectivity index (χ3v) is 6.10. The van der Waals surface area contributed by atoms with Crippen LogP contribution in [0.4, 0.5) is 0 Å². The first-order chi connectivity index (χ1) is 8.55. The minimum Gasteiger partial charge on any atom is -0.324 e. The minimum absolute atomic E-state index is 0.00626. The van der Waals surface area contributed by atoms with Crippen LogP contribution in [0.15, 0.2) is 29.2 Å². The van der Waals surface area contributed by atoms with Gasteiger partial charge in [-0.3, -0.25) is 0 Å². The van der Waals surface area contributed by atoms with E-state index < -0.39 is 9.84 Å². The molecule has 3 nitrogen and oxygen atoms in total. The largest absolute Gasteiger partial charge is 0.324 e. The molecule has 0 bridgehead atoms. The highest BCUT2D eigenvalue weighted by atomic mass is 32.2. The molecule has 0 amide bonds. The lowest BCUT2D eigenvalue weighted by Crippen LogP contribution is -2.18. The van der Waals surface area contributed by atoms with Crippen LogP contribution in [0.3, 0.4) is 0 Å². The average Bonchev–Trinajstić information content (AvgIpc) is 2.92. The molecule has 0 saturated heterocycles. The lowest BCUT2D eigenvalue weighted by Gasteiger charge is -2.13. The lowest BCUT2D eigenvalue weighted by atomic mass is 10.1. The van der Waals surface area contributed by atoms with Crippen LogP contribution in [0.5, 0.6) is 0 Å². The molecular weight excluding hydrogens is 246 g/mol. The van der Waals surface area contributed by atoms with Crippen LogP contribution >= 0.6 is 0 Å². The van der Waals surface area contributed by atoms with E-state index in [-0.39, 0.29) is 11.3 Å². The van der Waals surface area contributed by atoms with Crippen LogP contribution in [-0.2, 0) is 9.84 Å². The Labute approximate surface area is 109 Å². The zero-order valence-corrected chi connectivity index (χ0v) is 11.6. The van der Waals surface area contributed by atoms with E-state index in [0.717, 1.165) is 37.7 Å². The number of hydrogen-bond donors (Lipinski definition) is 1. The molecule has 1 atom stereocenters. The van der Waals surface area contributed by atoms with Gasteiger partial charge in [0.25, 0.3) is 0 Å². The normalized spacial score (nSPS) is 19.0. The van der Waals surface area contributed by atoms with Gasteiger partial charge in [0.15, 0.2) is 9.84 Å².